The maximum absolute atomic E-state index is 12.6. The van der Waals surface area contributed by atoms with Crippen molar-refractivity contribution >= 4 is 23.2 Å². The number of hydrogen-bond donors (Lipinski definition) is 1. The van der Waals surface area contributed by atoms with Crippen LogP contribution in [0.5, 0.6) is 17.4 Å². The van der Waals surface area contributed by atoms with E-state index in [2.05, 4.69) is 20.3 Å². The number of amides is 1. The number of halogens is 1. The van der Waals surface area contributed by atoms with Gasteiger partial charge in [-0.3, -0.25) is 9.36 Å². The van der Waals surface area contributed by atoms with Crippen LogP contribution in [-0.2, 0) is 0 Å². The number of carbonyl (C=O) groups is 1. The van der Waals surface area contributed by atoms with Gasteiger partial charge in [-0.15, -0.1) is 0 Å². The largest absolute Gasteiger partial charge is 0.496 e. The van der Waals surface area contributed by atoms with E-state index in [0.29, 0.717) is 39.5 Å². The molecule has 1 amide bonds. The second-order valence-electron chi connectivity index (χ2n) is 6.93. The number of anilines is 1. The van der Waals surface area contributed by atoms with E-state index in [1.807, 2.05) is 18.4 Å². The summed E-state index contributed by atoms with van der Waals surface area (Å²) in [6, 6.07) is 13.5. The molecule has 0 bridgehead atoms. The van der Waals surface area contributed by atoms with Crippen LogP contribution < -0.4 is 14.8 Å². The number of nitrogens with zero attached hydrogens (tertiary/aromatic N) is 4. The zero-order valence-corrected chi connectivity index (χ0v) is 18.4. The molecule has 2 heterocycles. The fraction of sp³-hybridized carbons (Fsp3) is 0.130. The van der Waals surface area contributed by atoms with Gasteiger partial charge in [0.15, 0.2) is 0 Å². The van der Waals surface area contributed by atoms with Gasteiger partial charge < -0.3 is 14.8 Å². The molecule has 0 unspecified atom stereocenters. The molecule has 1 N–H and O–H groups in total. The number of carbonyl (C=O) groups excluding carboxylic acids is 1. The van der Waals surface area contributed by atoms with Gasteiger partial charge in [0.05, 0.1) is 18.4 Å². The van der Waals surface area contributed by atoms with Crippen molar-refractivity contribution in [2.45, 2.75) is 13.8 Å². The summed E-state index contributed by atoms with van der Waals surface area (Å²) in [6.07, 6.45) is 3.15. The first-order valence-electron chi connectivity index (χ1n) is 9.70. The lowest BCUT2D eigenvalue weighted by Gasteiger charge is -2.11. The lowest BCUT2D eigenvalue weighted by atomic mass is 10.2. The van der Waals surface area contributed by atoms with Crippen LogP contribution >= 0.6 is 11.6 Å². The molecule has 0 aliphatic rings. The first kappa shape index (κ1) is 21.3. The van der Waals surface area contributed by atoms with Crippen LogP contribution in [-0.4, -0.2) is 32.5 Å². The lowest BCUT2D eigenvalue weighted by Crippen LogP contribution is -2.13. The highest BCUT2D eigenvalue weighted by Crippen LogP contribution is 2.26. The first-order chi connectivity index (χ1) is 15.4. The van der Waals surface area contributed by atoms with Gasteiger partial charge in [-0.2, -0.15) is 0 Å². The van der Waals surface area contributed by atoms with E-state index >= 15 is 0 Å². The van der Waals surface area contributed by atoms with Crippen LogP contribution in [0.25, 0.3) is 5.82 Å². The Hall–Kier alpha value is -3.91. The molecule has 4 rings (SSSR count). The van der Waals surface area contributed by atoms with E-state index in [1.165, 1.54) is 13.4 Å². The van der Waals surface area contributed by atoms with Crippen molar-refractivity contribution < 1.29 is 14.3 Å². The summed E-state index contributed by atoms with van der Waals surface area (Å²) in [5, 5.41) is 3.27. The molecule has 9 heteroatoms. The number of nitrogens with one attached hydrogen (secondary N) is 1. The molecule has 2 aromatic heterocycles. The van der Waals surface area contributed by atoms with Crippen LogP contribution in [0.2, 0.25) is 5.02 Å². The molecular weight excluding hydrogens is 430 g/mol. The average molecular weight is 450 g/mol. The minimum atomic E-state index is -0.329. The highest BCUT2D eigenvalue weighted by atomic mass is 35.5. The summed E-state index contributed by atoms with van der Waals surface area (Å²) in [5.74, 6) is 1.72. The molecule has 0 aliphatic carbocycles. The molecule has 0 spiro atoms. The summed E-state index contributed by atoms with van der Waals surface area (Å²) < 4.78 is 13.0. The van der Waals surface area contributed by atoms with Crippen LogP contribution in [0.4, 0.5) is 5.69 Å². The number of ether oxygens (including phenoxy) is 2. The summed E-state index contributed by atoms with van der Waals surface area (Å²) >= 11 is 6.01. The Bertz CT molecular complexity index is 1270. The predicted molar refractivity (Wildman–Crippen MR) is 121 cm³/mol. The fourth-order valence-corrected chi connectivity index (χ4v) is 3.20. The molecule has 8 nitrogen and oxygen atoms in total. The van der Waals surface area contributed by atoms with Crippen molar-refractivity contribution in [2.75, 3.05) is 12.4 Å². The van der Waals surface area contributed by atoms with Gasteiger partial charge in [-0.05, 0) is 56.3 Å². The van der Waals surface area contributed by atoms with Gasteiger partial charge in [0.2, 0.25) is 5.88 Å². The third-order valence-corrected chi connectivity index (χ3v) is 5.10. The smallest absolute Gasteiger partial charge is 0.259 e. The van der Waals surface area contributed by atoms with E-state index in [1.54, 1.807) is 54.9 Å². The number of benzene rings is 2. The summed E-state index contributed by atoms with van der Waals surface area (Å²) in [5.41, 5.74) is 2.86. The number of rotatable bonds is 6. The molecule has 162 valence electrons. The average Bonchev–Trinajstić information content (AvgIpc) is 3.13. The predicted octanol–water partition coefficient (Wildman–Crippen LogP) is 4.99. The molecule has 4 aromatic rings. The van der Waals surface area contributed by atoms with Crippen molar-refractivity contribution in [3.8, 4) is 23.2 Å². The Balaban J connectivity index is 1.47. The highest BCUT2D eigenvalue weighted by molar-refractivity contribution is 6.31. The third-order valence-electron chi connectivity index (χ3n) is 4.87. The summed E-state index contributed by atoms with van der Waals surface area (Å²) in [7, 11) is 1.50. The Morgan fingerprint density at radius 2 is 1.81 bits per heavy atom. The van der Waals surface area contributed by atoms with Gasteiger partial charge in [0, 0.05) is 22.5 Å². The molecule has 0 atom stereocenters. The quantitative estimate of drug-likeness (QED) is 0.446. The van der Waals surface area contributed by atoms with Gasteiger partial charge in [0.1, 0.15) is 30.0 Å². The lowest BCUT2D eigenvalue weighted by molar-refractivity contribution is 0.102. The van der Waals surface area contributed by atoms with Gasteiger partial charge >= 0.3 is 0 Å². The maximum Gasteiger partial charge on any atom is 0.259 e. The number of aryl methyl sites for hydroxylation is 1. The second-order valence-corrected chi connectivity index (χ2v) is 7.36. The Kier molecular flexibility index (Phi) is 6.04. The second kappa shape index (κ2) is 9.07. The monoisotopic (exact) mass is 449 g/mol. The van der Waals surface area contributed by atoms with Crippen molar-refractivity contribution in [1.82, 2.24) is 19.5 Å². The van der Waals surface area contributed by atoms with Crippen LogP contribution in [0.15, 0.2) is 61.2 Å². The van der Waals surface area contributed by atoms with Gasteiger partial charge in [-0.25, -0.2) is 15.0 Å². The van der Waals surface area contributed by atoms with E-state index in [4.69, 9.17) is 21.1 Å². The third kappa shape index (κ3) is 4.55. The van der Waals surface area contributed by atoms with Crippen molar-refractivity contribution in [3.05, 3.63) is 83.2 Å². The van der Waals surface area contributed by atoms with E-state index in [-0.39, 0.29) is 5.91 Å². The molecule has 0 saturated carbocycles. The number of imidazole rings is 1. The normalized spacial score (nSPS) is 10.6. The number of methoxy groups -OCH3 is 1. The zero-order chi connectivity index (χ0) is 22.7. The van der Waals surface area contributed by atoms with Crippen molar-refractivity contribution in [1.29, 1.82) is 0 Å². The Morgan fingerprint density at radius 1 is 1.03 bits per heavy atom. The van der Waals surface area contributed by atoms with Crippen molar-refractivity contribution in [2.24, 2.45) is 0 Å². The van der Waals surface area contributed by atoms with E-state index < -0.39 is 0 Å². The minimum Gasteiger partial charge on any atom is -0.496 e. The molecule has 0 saturated heterocycles. The minimum absolute atomic E-state index is 0.329. The summed E-state index contributed by atoms with van der Waals surface area (Å²) in [4.78, 5) is 25.4. The number of aromatic nitrogens is 4. The standard InChI is InChI=1S/C23H20ClN5O3/c1-14-15(2)29(13-27-14)21-11-22(26-12-25-21)32-18-7-5-17(6-8-18)28-23(30)19-10-16(24)4-9-20(19)31-3/h4-13H,1-3H3,(H,28,30). The molecule has 0 aliphatic heterocycles. The van der Waals surface area contributed by atoms with Gasteiger partial charge in [0.25, 0.3) is 5.91 Å². The molecule has 0 fully saturated rings. The van der Waals surface area contributed by atoms with E-state index in [0.717, 1.165) is 11.4 Å². The SMILES string of the molecule is COc1ccc(Cl)cc1C(=O)Nc1ccc(Oc2cc(-n3cnc(C)c3C)ncn2)cc1. The molecular formula is C23H20ClN5O3. The van der Waals surface area contributed by atoms with E-state index in [9.17, 15) is 4.79 Å². The topological polar surface area (TPSA) is 91.2 Å². The Labute approximate surface area is 189 Å². The van der Waals surface area contributed by atoms with Crippen molar-refractivity contribution in [3.63, 3.8) is 0 Å². The Morgan fingerprint density at radius 3 is 2.50 bits per heavy atom. The highest BCUT2D eigenvalue weighted by Gasteiger charge is 2.13. The molecule has 2 aromatic carbocycles. The fourth-order valence-electron chi connectivity index (χ4n) is 3.03. The molecule has 0 radical (unpaired) electrons. The first-order valence-corrected chi connectivity index (χ1v) is 10.1. The van der Waals surface area contributed by atoms with Gasteiger partial charge in [-0.1, -0.05) is 11.6 Å². The zero-order valence-electron chi connectivity index (χ0n) is 17.7. The maximum atomic E-state index is 12.6. The number of hydrogen-bond acceptors (Lipinski definition) is 6. The molecule has 32 heavy (non-hydrogen) atoms. The van der Waals surface area contributed by atoms with Crippen LogP contribution in [0.1, 0.15) is 21.7 Å². The van der Waals surface area contributed by atoms with Crippen LogP contribution in [0.3, 0.4) is 0 Å². The van der Waals surface area contributed by atoms with Crippen LogP contribution in [0, 0.1) is 13.8 Å². The summed E-state index contributed by atoms with van der Waals surface area (Å²) in [6.45, 7) is 3.91.